The van der Waals surface area contributed by atoms with Gasteiger partial charge in [0.05, 0.1) is 22.4 Å². The van der Waals surface area contributed by atoms with Crippen LogP contribution >= 0.6 is 0 Å². The van der Waals surface area contributed by atoms with Crippen molar-refractivity contribution in [2.75, 3.05) is 10.2 Å². The maximum absolute atomic E-state index is 12.9. The number of carbonyl (C=O) groups excluding carboxylic acids is 3. The van der Waals surface area contributed by atoms with Crippen molar-refractivity contribution in [3.05, 3.63) is 75.9 Å². The molecule has 0 unspecified atom stereocenters. The molecule has 1 saturated heterocycles. The highest BCUT2D eigenvalue weighted by atomic mass is 16.6. The Morgan fingerprint density at radius 2 is 1.65 bits per heavy atom. The lowest BCUT2D eigenvalue weighted by Gasteiger charge is -2.17. The van der Waals surface area contributed by atoms with Crippen LogP contribution in [0.25, 0.3) is 0 Å². The fourth-order valence-corrected chi connectivity index (χ4v) is 5.01. The highest BCUT2D eigenvalue weighted by molar-refractivity contribution is 6.23. The van der Waals surface area contributed by atoms with Crippen LogP contribution in [-0.2, 0) is 9.59 Å². The van der Waals surface area contributed by atoms with Gasteiger partial charge in [-0.25, -0.2) is 0 Å². The summed E-state index contributed by atoms with van der Waals surface area (Å²) in [7, 11) is 0. The zero-order chi connectivity index (χ0) is 21.9. The van der Waals surface area contributed by atoms with Crippen LogP contribution in [0.15, 0.2) is 54.6 Å². The Labute approximate surface area is 177 Å². The Morgan fingerprint density at radius 1 is 1.03 bits per heavy atom. The largest absolute Gasteiger partial charge is 0.322 e. The second-order valence-corrected chi connectivity index (χ2v) is 8.27. The van der Waals surface area contributed by atoms with Crippen LogP contribution < -0.4 is 10.2 Å². The molecule has 1 saturated carbocycles. The van der Waals surface area contributed by atoms with Crippen molar-refractivity contribution in [1.29, 1.82) is 0 Å². The molecule has 2 aromatic rings. The third kappa shape index (κ3) is 2.94. The van der Waals surface area contributed by atoms with Gasteiger partial charge in [-0.1, -0.05) is 18.2 Å². The molecule has 3 amide bonds. The van der Waals surface area contributed by atoms with Crippen LogP contribution in [0, 0.1) is 40.7 Å². The monoisotopic (exact) mass is 417 g/mol. The number of amides is 3. The minimum Gasteiger partial charge on any atom is -0.322 e. The molecule has 8 nitrogen and oxygen atoms in total. The van der Waals surface area contributed by atoms with Crippen molar-refractivity contribution in [3.8, 4) is 0 Å². The van der Waals surface area contributed by atoms with Crippen molar-refractivity contribution >= 4 is 34.8 Å². The number of benzene rings is 2. The summed E-state index contributed by atoms with van der Waals surface area (Å²) in [6, 6.07) is 10.7. The predicted octanol–water partition coefficient (Wildman–Crippen LogP) is 3.47. The second kappa shape index (κ2) is 6.87. The summed E-state index contributed by atoms with van der Waals surface area (Å²) in [6.45, 7) is 1.62. The number of fused-ring (bicyclic) bond motifs is 5. The molecule has 1 heterocycles. The molecule has 0 spiro atoms. The molecule has 31 heavy (non-hydrogen) atoms. The number of imide groups is 1. The summed E-state index contributed by atoms with van der Waals surface area (Å²) in [5, 5.41) is 13.7. The van der Waals surface area contributed by atoms with Crippen LogP contribution in [0.2, 0.25) is 0 Å². The van der Waals surface area contributed by atoms with E-state index in [9.17, 15) is 24.5 Å². The van der Waals surface area contributed by atoms with Crippen LogP contribution in [0.5, 0.6) is 0 Å². The molecule has 1 aliphatic heterocycles. The van der Waals surface area contributed by atoms with Gasteiger partial charge in [-0.3, -0.25) is 29.4 Å². The number of aryl methyl sites for hydroxylation is 1. The molecule has 3 aliphatic rings. The van der Waals surface area contributed by atoms with E-state index in [4.69, 9.17) is 0 Å². The van der Waals surface area contributed by atoms with Crippen LogP contribution in [0.3, 0.4) is 0 Å². The van der Waals surface area contributed by atoms with E-state index in [1.54, 1.807) is 31.2 Å². The van der Waals surface area contributed by atoms with E-state index in [0.717, 1.165) is 6.42 Å². The highest BCUT2D eigenvalue weighted by Gasteiger charge is 2.59. The zero-order valence-corrected chi connectivity index (χ0v) is 16.6. The predicted molar refractivity (Wildman–Crippen MR) is 112 cm³/mol. The van der Waals surface area contributed by atoms with E-state index < -0.39 is 10.8 Å². The standard InChI is InChI=1S/C23H19N3O5/c1-12-2-7-16(11-18(12)26(30)31)24-21(27)13-5-8-17(9-6-13)25-22(28)19-14-3-4-15(10-14)20(19)23(25)29/h2-9,11,14-15,19-20H,10H2,1H3,(H,24,27)/t14-,15-,19+,20+/m0/s1. The molecule has 2 bridgehead atoms. The van der Waals surface area contributed by atoms with Crippen molar-refractivity contribution in [1.82, 2.24) is 0 Å². The molecule has 2 aliphatic carbocycles. The molecule has 2 aromatic carbocycles. The molecular formula is C23H19N3O5. The van der Waals surface area contributed by atoms with E-state index in [-0.39, 0.29) is 41.2 Å². The number of nitro groups is 1. The van der Waals surface area contributed by atoms with Gasteiger partial charge in [-0.15, -0.1) is 0 Å². The number of hydrogen-bond donors (Lipinski definition) is 1. The van der Waals surface area contributed by atoms with Gasteiger partial charge in [0.2, 0.25) is 11.8 Å². The number of nitrogens with one attached hydrogen (secondary N) is 1. The maximum Gasteiger partial charge on any atom is 0.274 e. The van der Waals surface area contributed by atoms with E-state index in [1.807, 2.05) is 12.2 Å². The normalized spacial score (nSPS) is 25.8. The molecule has 0 aromatic heterocycles. The quantitative estimate of drug-likeness (QED) is 0.355. The number of hydrogen-bond acceptors (Lipinski definition) is 5. The first kappa shape index (κ1) is 19.2. The van der Waals surface area contributed by atoms with Crippen molar-refractivity contribution in [2.24, 2.45) is 23.7 Å². The SMILES string of the molecule is Cc1ccc(NC(=O)c2ccc(N3C(=O)[C@H]4[C@H](C3=O)[C@H]3C=C[C@H]4C3)cc2)cc1[N+](=O)[O-]. The van der Waals surface area contributed by atoms with Crippen LogP contribution in [0.4, 0.5) is 17.1 Å². The first-order valence-electron chi connectivity index (χ1n) is 10.1. The first-order valence-corrected chi connectivity index (χ1v) is 10.1. The molecule has 1 N–H and O–H groups in total. The zero-order valence-electron chi connectivity index (χ0n) is 16.6. The van der Waals surface area contributed by atoms with E-state index >= 15 is 0 Å². The third-order valence-electron chi connectivity index (χ3n) is 6.52. The maximum atomic E-state index is 12.9. The Bertz CT molecular complexity index is 1140. The fourth-order valence-electron chi connectivity index (χ4n) is 5.01. The Kier molecular flexibility index (Phi) is 4.25. The average Bonchev–Trinajstić information content (AvgIpc) is 3.43. The number of anilines is 2. The van der Waals surface area contributed by atoms with E-state index in [2.05, 4.69) is 5.32 Å². The smallest absolute Gasteiger partial charge is 0.274 e. The second-order valence-electron chi connectivity index (χ2n) is 8.27. The summed E-state index contributed by atoms with van der Waals surface area (Å²) in [6.07, 6.45) is 4.96. The lowest BCUT2D eigenvalue weighted by molar-refractivity contribution is -0.385. The van der Waals surface area contributed by atoms with Gasteiger partial charge >= 0.3 is 0 Å². The Morgan fingerprint density at radius 3 is 2.23 bits per heavy atom. The molecular weight excluding hydrogens is 398 g/mol. The molecule has 4 atom stereocenters. The Hall–Kier alpha value is -3.81. The van der Waals surface area contributed by atoms with E-state index in [0.29, 0.717) is 22.5 Å². The number of allylic oxidation sites excluding steroid dienone is 2. The molecule has 2 fully saturated rings. The van der Waals surface area contributed by atoms with Gasteiger partial charge in [0.1, 0.15) is 0 Å². The van der Waals surface area contributed by atoms with E-state index in [1.165, 1.54) is 23.1 Å². The molecule has 0 radical (unpaired) electrons. The summed E-state index contributed by atoms with van der Waals surface area (Å²) in [5.41, 5.74) is 1.50. The van der Waals surface area contributed by atoms with Gasteiger partial charge in [0.15, 0.2) is 0 Å². The average molecular weight is 417 g/mol. The topological polar surface area (TPSA) is 110 Å². The highest BCUT2D eigenvalue weighted by Crippen LogP contribution is 2.53. The molecule has 5 rings (SSSR count). The summed E-state index contributed by atoms with van der Waals surface area (Å²) in [5.74, 6) is -1.05. The van der Waals surface area contributed by atoms with Crippen molar-refractivity contribution in [2.45, 2.75) is 13.3 Å². The first-order chi connectivity index (χ1) is 14.8. The van der Waals surface area contributed by atoms with Crippen LogP contribution in [-0.4, -0.2) is 22.6 Å². The summed E-state index contributed by atoms with van der Waals surface area (Å²) < 4.78 is 0. The number of carbonyl (C=O) groups is 3. The van der Waals surface area contributed by atoms with Crippen molar-refractivity contribution in [3.63, 3.8) is 0 Å². The number of nitro benzene ring substituents is 1. The van der Waals surface area contributed by atoms with Gasteiger partial charge < -0.3 is 5.32 Å². The number of rotatable bonds is 4. The number of nitrogens with zero attached hydrogens (tertiary/aromatic N) is 2. The molecule has 156 valence electrons. The van der Waals surface area contributed by atoms with Gasteiger partial charge in [0.25, 0.3) is 11.6 Å². The Balaban J connectivity index is 1.33. The summed E-state index contributed by atoms with van der Waals surface area (Å²) in [4.78, 5) is 50.2. The van der Waals surface area contributed by atoms with Crippen LogP contribution in [0.1, 0.15) is 22.3 Å². The van der Waals surface area contributed by atoms with Gasteiger partial charge in [0, 0.05) is 22.9 Å². The lowest BCUT2D eigenvalue weighted by atomic mass is 9.85. The third-order valence-corrected chi connectivity index (χ3v) is 6.52. The lowest BCUT2D eigenvalue weighted by Crippen LogP contribution is -2.32. The van der Waals surface area contributed by atoms with Gasteiger partial charge in [-0.05, 0) is 55.5 Å². The minimum absolute atomic E-state index is 0.0757. The molecule has 8 heteroatoms. The van der Waals surface area contributed by atoms with Gasteiger partial charge in [-0.2, -0.15) is 0 Å². The summed E-state index contributed by atoms with van der Waals surface area (Å²) >= 11 is 0. The van der Waals surface area contributed by atoms with Crippen molar-refractivity contribution < 1.29 is 19.3 Å². The fraction of sp³-hybridized carbons (Fsp3) is 0.261. The minimum atomic E-state index is -0.499.